The van der Waals surface area contributed by atoms with Gasteiger partial charge in [0, 0.05) is 0 Å². The number of ether oxygens (including phenoxy) is 1. The third-order valence-corrected chi connectivity index (χ3v) is 3.12. The smallest absolute Gasteiger partial charge is 0.320 e. The van der Waals surface area contributed by atoms with Crippen LogP contribution in [0.1, 0.15) is 19.4 Å². The van der Waals surface area contributed by atoms with Gasteiger partial charge in [-0.2, -0.15) is 0 Å². The molecule has 98 valence electrons. The number of nitrogens with one attached hydrogen (secondary N) is 1. The van der Waals surface area contributed by atoms with Gasteiger partial charge in [0.25, 0.3) is 0 Å². The Morgan fingerprint density at radius 2 is 2.22 bits per heavy atom. The van der Waals surface area contributed by atoms with Crippen molar-refractivity contribution in [3.05, 3.63) is 29.8 Å². The lowest BCUT2D eigenvalue weighted by Gasteiger charge is -2.25. The molecule has 0 saturated carbocycles. The minimum atomic E-state index is -0.837. The van der Waals surface area contributed by atoms with Gasteiger partial charge in [0.15, 0.2) is 6.23 Å². The van der Waals surface area contributed by atoms with Crippen molar-refractivity contribution in [1.29, 1.82) is 0 Å². The monoisotopic (exact) mass is 250 g/mol. The van der Waals surface area contributed by atoms with Gasteiger partial charge in [-0.1, -0.05) is 12.1 Å². The Labute approximate surface area is 106 Å². The van der Waals surface area contributed by atoms with E-state index in [1.54, 1.807) is 21.0 Å². The second kappa shape index (κ2) is 4.49. The number of nitrogens with zero attached hydrogens (tertiary/aromatic N) is 1. The van der Waals surface area contributed by atoms with E-state index >= 15 is 0 Å². The van der Waals surface area contributed by atoms with E-state index in [1.165, 1.54) is 4.90 Å². The fourth-order valence-corrected chi connectivity index (χ4v) is 2.04. The lowest BCUT2D eigenvalue weighted by Crippen LogP contribution is -2.44. The Bertz CT molecular complexity index is 459. The van der Waals surface area contributed by atoms with Crippen LogP contribution in [-0.4, -0.2) is 34.9 Å². The Balaban J connectivity index is 2.16. The van der Waals surface area contributed by atoms with E-state index in [9.17, 15) is 9.90 Å². The molecule has 0 aliphatic carbocycles. The molecule has 1 aliphatic heterocycles. The van der Waals surface area contributed by atoms with Crippen molar-refractivity contribution in [2.75, 3.05) is 7.11 Å². The van der Waals surface area contributed by atoms with Crippen LogP contribution in [-0.2, 0) is 6.54 Å². The Hall–Kier alpha value is -1.75. The maximum atomic E-state index is 11.8. The van der Waals surface area contributed by atoms with Crippen molar-refractivity contribution in [3.8, 4) is 5.75 Å². The van der Waals surface area contributed by atoms with Gasteiger partial charge in [-0.25, -0.2) is 4.79 Å². The summed E-state index contributed by atoms with van der Waals surface area (Å²) in [5.41, 5.74) is 0.289. The molecule has 0 radical (unpaired) electrons. The summed E-state index contributed by atoms with van der Waals surface area (Å²) < 4.78 is 5.13. The van der Waals surface area contributed by atoms with Crippen LogP contribution in [0.25, 0.3) is 0 Å². The Morgan fingerprint density at radius 1 is 1.50 bits per heavy atom. The number of urea groups is 1. The minimum absolute atomic E-state index is 0.254. The highest BCUT2D eigenvalue weighted by molar-refractivity contribution is 5.78. The zero-order valence-corrected chi connectivity index (χ0v) is 10.8. The molecule has 2 amide bonds. The largest absolute Gasteiger partial charge is 0.497 e. The van der Waals surface area contributed by atoms with Gasteiger partial charge in [-0.15, -0.1) is 0 Å². The number of aliphatic hydroxyl groups is 1. The predicted molar refractivity (Wildman–Crippen MR) is 67.2 cm³/mol. The molecule has 0 aromatic heterocycles. The molecule has 18 heavy (non-hydrogen) atoms. The van der Waals surface area contributed by atoms with Gasteiger partial charge >= 0.3 is 6.03 Å². The summed E-state index contributed by atoms with van der Waals surface area (Å²) in [4.78, 5) is 13.2. The Morgan fingerprint density at radius 3 is 2.78 bits per heavy atom. The van der Waals surface area contributed by atoms with Crippen LogP contribution in [0.3, 0.4) is 0 Å². The van der Waals surface area contributed by atoms with Crippen LogP contribution in [0.2, 0.25) is 0 Å². The number of carbonyl (C=O) groups excluding carboxylic acids is 1. The van der Waals surface area contributed by atoms with Gasteiger partial charge in [-0.3, -0.25) is 4.90 Å². The summed E-state index contributed by atoms with van der Waals surface area (Å²) in [5, 5.41) is 12.8. The van der Waals surface area contributed by atoms with Crippen LogP contribution in [0.4, 0.5) is 4.79 Å². The standard InChI is InChI=1S/C13H18N2O3/c1-13(2)11(16)15(12(17)14-13)8-9-5-4-6-10(7-9)18-3/h4-7,11,16H,8H2,1-3H3,(H,14,17)/t11-/m1/s1. The van der Waals surface area contributed by atoms with E-state index in [2.05, 4.69) is 5.32 Å². The first-order valence-corrected chi connectivity index (χ1v) is 5.84. The predicted octanol–water partition coefficient (Wildman–Crippen LogP) is 1.32. The third kappa shape index (κ3) is 2.26. The summed E-state index contributed by atoms with van der Waals surface area (Å²) in [6.45, 7) is 3.94. The molecule has 0 unspecified atom stereocenters. The molecule has 1 aromatic carbocycles. The molecule has 1 heterocycles. The first kappa shape index (κ1) is 12.7. The number of benzene rings is 1. The molecule has 0 spiro atoms. The van der Waals surface area contributed by atoms with Crippen molar-refractivity contribution < 1.29 is 14.6 Å². The second-order valence-electron chi connectivity index (χ2n) is 5.00. The zero-order valence-electron chi connectivity index (χ0n) is 10.8. The number of amides is 2. The molecule has 1 aliphatic rings. The fraction of sp³-hybridized carbons (Fsp3) is 0.462. The number of methoxy groups -OCH3 is 1. The molecule has 1 aromatic rings. The average Bonchev–Trinajstić information content (AvgIpc) is 2.52. The first-order valence-electron chi connectivity index (χ1n) is 5.84. The molecule has 1 fully saturated rings. The summed E-state index contributed by atoms with van der Waals surface area (Å²) in [6, 6.07) is 7.20. The van der Waals surface area contributed by atoms with E-state index in [0.717, 1.165) is 11.3 Å². The van der Waals surface area contributed by atoms with Crippen molar-refractivity contribution in [2.45, 2.75) is 32.2 Å². The number of carbonyl (C=O) groups is 1. The van der Waals surface area contributed by atoms with Gasteiger partial charge < -0.3 is 15.2 Å². The van der Waals surface area contributed by atoms with E-state index in [0.29, 0.717) is 6.54 Å². The Kier molecular flexibility index (Phi) is 3.17. The maximum Gasteiger partial charge on any atom is 0.320 e. The van der Waals surface area contributed by atoms with Crippen molar-refractivity contribution in [2.24, 2.45) is 0 Å². The average molecular weight is 250 g/mol. The summed E-state index contributed by atoms with van der Waals surface area (Å²) >= 11 is 0. The third-order valence-electron chi connectivity index (χ3n) is 3.12. The van der Waals surface area contributed by atoms with E-state index in [4.69, 9.17) is 4.74 Å². The molecule has 0 bridgehead atoms. The van der Waals surface area contributed by atoms with Crippen LogP contribution >= 0.6 is 0 Å². The molecule has 2 N–H and O–H groups in total. The fourth-order valence-electron chi connectivity index (χ4n) is 2.04. The van der Waals surface area contributed by atoms with Crippen LogP contribution in [0.5, 0.6) is 5.75 Å². The van der Waals surface area contributed by atoms with Gasteiger partial charge in [0.2, 0.25) is 0 Å². The maximum absolute atomic E-state index is 11.8. The topological polar surface area (TPSA) is 61.8 Å². The normalized spacial score (nSPS) is 21.9. The molecule has 1 atom stereocenters. The number of rotatable bonds is 3. The van der Waals surface area contributed by atoms with Crippen LogP contribution in [0, 0.1) is 0 Å². The highest BCUT2D eigenvalue weighted by atomic mass is 16.5. The number of aliphatic hydroxyl groups excluding tert-OH is 1. The molecular weight excluding hydrogens is 232 g/mol. The summed E-state index contributed by atoms with van der Waals surface area (Å²) in [5.74, 6) is 0.737. The van der Waals surface area contributed by atoms with Gasteiger partial charge in [0.1, 0.15) is 5.75 Å². The highest BCUT2D eigenvalue weighted by Gasteiger charge is 2.43. The van der Waals surface area contributed by atoms with Gasteiger partial charge in [0.05, 0.1) is 19.2 Å². The van der Waals surface area contributed by atoms with Crippen molar-refractivity contribution in [3.63, 3.8) is 0 Å². The van der Waals surface area contributed by atoms with Gasteiger partial charge in [-0.05, 0) is 31.5 Å². The SMILES string of the molecule is COc1cccc(CN2C(=O)NC(C)(C)[C@H]2O)c1. The molecule has 2 rings (SSSR count). The lowest BCUT2D eigenvalue weighted by molar-refractivity contribution is 0.0107. The molecule has 5 heteroatoms. The van der Waals surface area contributed by atoms with Crippen LogP contribution in [0.15, 0.2) is 24.3 Å². The molecule has 1 saturated heterocycles. The number of hydrogen-bond acceptors (Lipinski definition) is 3. The number of hydrogen-bond donors (Lipinski definition) is 2. The van der Waals surface area contributed by atoms with E-state index in [-0.39, 0.29) is 6.03 Å². The highest BCUT2D eigenvalue weighted by Crippen LogP contribution is 2.24. The van der Waals surface area contributed by atoms with Crippen LogP contribution < -0.4 is 10.1 Å². The van der Waals surface area contributed by atoms with Crippen molar-refractivity contribution in [1.82, 2.24) is 10.2 Å². The molecule has 5 nitrogen and oxygen atoms in total. The zero-order chi connectivity index (χ0) is 13.3. The summed E-state index contributed by atoms with van der Waals surface area (Å²) in [6.07, 6.45) is -0.837. The second-order valence-corrected chi connectivity index (χ2v) is 5.00. The van der Waals surface area contributed by atoms with E-state index < -0.39 is 11.8 Å². The minimum Gasteiger partial charge on any atom is -0.497 e. The molecular formula is C13H18N2O3. The van der Waals surface area contributed by atoms with Crippen molar-refractivity contribution >= 4 is 6.03 Å². The first-order chi connectivity index (χ1) is 8.44. The summed E-state index contributed by atoms with van der Waals surface area (Å²) in [7, 11) is 1.60. The van der Waals surface area contributed by atoms with E-state index in [1.807, 2.05) is 24.3 Å². The lowest BCUT2D eigenvalue weighted by atomic mass is 10.1. The quantitative estimate of drug-likeness (QED) is 0.850.